The number of fused-ring (bicyclic) bond motifs is 1. The third-order valence-corrected chi connectivity index (χ3v) is 5.02. The molecule has 3 N–H and O–H groups in total. The van der Waals surface area contributed by atoms with Crippen molar-refractivity contribution >= 4 is 28.3 Å². The van der Waals surface area contributed by atoms with Crippen LogP contribution in [0.3, 0.4) is 0 Å². The highest BCUT2D eigenvalue weighted by Crippen LogP contribution is 2.31. The van der Waals surface area contributed by atoms with Crippen LogP contribution in [0.15, 0.2) is 48.8 Å². The number of nitrogens with zero attached hydrogens (tertiary/aromatic N) is 3. The lowest BCUT2D eigenvalue weighted by Gasteiger charge is -2.20. The van der Waals surface area contributed by atoms with E-state index >= 15 is 0 Å². The predicted octanol–water partition coefficient (Wildman–Crippen LogP) is 3.44. The number of halogens is 3. The Morgan fingerprint density at radius 2 is 1.90 bits per heavy atom. The topological polar surface area (TPSA) is 84.1 Å². The van der Waals surface area contributed by atoms with Gasteiger partial charge in [0.25, 0.3) is 5.91 Å². The van der Waals surface area contributed by atoms with Gasteiger partial charge in [0, 0.05) is 30.2 Å². The number of carbonyl (C=O) groups is 1. The number of nitrogens with two attached hydrogens (primary N) is 1. The summed E-state index contributed by atoms with van der Waals surface area (Å²) in [6, 6.07) is 10.4. The van der Waals surface area contributed by atoms with Crippen LogP contribution in [-0.2, 0) is 6.18 Å². The van der Waals surface area contributed by atoms with E-state index in [1.165, 1.54) is 18.5 Å². The summed E-state index contributed by atoms with van der Waals surface area (Å²) in [5.74, 6) is 0.0342. The van der Waals surface area contributed by atoms with E-state index in [4.69, 9.17) is 5.73 Å². The van der Waals surface area contributed by atoms with Crippen molar-refractivity contribution in [3.63, 3.8) is 0 Å². The minimum Gasteiger partial charge on any atom is -0.369 e. The van der Waals surface area contributed by atoms with Gasteiger partial charge in [0.15, 0.2) is 0 Å². The van der Waals surface area contributed by atoms with E-state index < -0.39 is 17.6 Å². The molecule has 4 rings (SSSR count). The van der Waals surface area contributed by atoms with Gasteiger partial charge in [-0.2, -0.15) is 13.2 Å². The highest BCUT2D eigenvalue weighted by Gasteiger charge is 2.31. The summed E-state index contributed by atoms with van der Waals surface area (Å²) >= 11 is 0. The molecule has 1 atom stereocenters. The summed E-state index contributed by atoms with van der Waals surface area (Å²) in [5, 5.41) is 4.05. The van der Waals surface area contributed by atoms with Gasteiger partial charge in [-0.05, 0) is 42.8 Å². The van der Waals surface area contributed by atoms with Gasteiger partial charge in [-0.1, -0.05) is 6.07 Å². The molecule has 29 heavy (non-hydrogen) atoms. The number of amides is 1. The van der Waals surface area contributed by atoms with Crippen molar-refractivity contribution in [2.24, 2.45) is 5.73 Å². The zero-order valence-electron chi connectivity index (χ0n) is 15.3. The van der Waals surface area contributed by atoms with Crippen LogP contribution in [-0.4, -0.2) is 35.0 Å². The molecule has 6 nitrogen and oxygen atoms in total. The molecule has 1 aliphatic rings. The molecule has 3 aromatic rings. The van der Waals surface area contributed by atoms with E-state index in [-0.39, 0.29) is 6.04 Å². The number of hydrogen-bond acceptors (Lipinski definition) is 5. The number of primary amides is 1. The molecule has 9 heteroatoms. The second-order valence-corrected chi connectivity index (χ2v) is 6.91. The fourth-order valence-corrected chi connectivity index (χ4v) is 3.57. The maximum atomic E-state index is 12.7. The lowest BCUT2D eigenvalue weighted by Crippen LogP contribution is -2.26. The zero-order valence-corrected chi connectivity index (χ0v) is 15.3. The first-order chi connectivity index (χ1) is 13.8. The summed E-state index contributed by atoms with van der Waals surface area (Å²) in [6.45, 7) is 1.32. The molecular formula is C20H18F3N5O. The van der Waals surface area contributed by atoms with Gasteiger partial charge in [0.1, 0.15) is 12.1 Å². The first-order valence-corrected chi connectivity index (χ1v) is 9.05. The molecule has 1 saturated heterocycles. The van der Waals surface area contributed by atoms with E-state index in [0.29, 0.717) is 35.4 Å². The number of carbonyl (C=O) groups excluding carboxylic acids is 1. The minimum absolute atomic E-state index is 0.0487. The molecule has 0 saturated carbocycles. The molecule has 1 aliphatic heterocycles. The standard InChI is InChI=1S/C20H18F3N5O/c21-20(22,23)12-4-6-14(7-5-12)28-9-8-13(10-28)27-19-16-3-1-2-15(18(24)29)17(16)25-11-26-19/h1-7,11,13H,8-10H2,(H2,24,29)(H,25,26,27). The number of hydrogen-bond donors (Lipinski definition) is 2. The normalized spacial score (nSPS) is 16.9. The molecule has 0 bridgehead atoms. The van der Waals surface area contributed by atoms with Crippen LogP contribution < -0.4 is 16.0 Å². The summed E-state index contributed by atoms with van der Waals surface area (Å²) in [6.07, 6.45) is -2.17. The Morgan fingerprint density at radius 3 is 2.59 bits per heavy atom. The fourth-order valence-electron chi connectivity index (χ4n) is 3.57. The molecule has 0 spiro atoms. The van der Waals surface area contributed by atoms with Crippen LogP contribution in [0.25, 0.3) is 10.9 Å². The number of para-hydroxylation sites is 1. The van der Waals surface area contributed by atoms with E-state index in [2.05, 4.69) is 15.3 Å². The van der Waals surface area contributed by atoms with Crippen LogP contribution in [0, 0.1) is 0 Å². The van der Waals surface area contributed by atoms with Crippen molar-refractivity contribution in [3.05, 3.63) is 59.9 Å². The third-order valence-electron chi connectivity index (χ3n) is 5.02. The van der Waals surface area contributed by atoms with Crippen molar-refractivity contribution in [3.8, 4) is 0 Å². The molecule has 1 aromatic heterocycles. The van der Waals surface area contributed by atoms with Crippen LogP contribution >= 0.6 is 0 Å². The zero-order chi connectivity index (χ0) is 20.6. The molecule has 1 unspecified atom stereocenters. The Hall–Kier alpha value is -3.36. The van der Waals surface area contributed by atoms with Crippen LogP contribution in [0.5, 0.6) is 0 Å². The predicted molar refractivity (Wildman–Crippen MR) is 104 cm³/mol. The Labute approximate surface area is 164 Å². The van der Waals surface area contributed by atoms with Crippen molar-refractivity contribution in [2.75, 3.05) is 23.3 Å². The Morgan fingerprint density at radius 1 is 1.14 bits per heavy atom. The van der Waals surface area contributed by atoms with Gasteiger partial charge in [-0.25, -0.2) is 9.97 Å². The monoisotopic (exact) mass is 401 g/mol. The van der Waals surface area contributed by atoms with Gasteiger partial charge < -0.3 is 16.0 Å². The summed E-state index contributed by atoms with van der Waals surface area (Å²) in [4.78, 5) is 22.1. The number of alkyl halides is 3. The van der Waals surface area contributed by atoms with Gasteiger partial charge >= 0.3 is 6.18 Å². The largest absolute Gasteiger partial charge is 0.416 e. The highest BCUT2D eigenvalue weighted by molar-refractivity contribution is 6.06. The van der Waals surface area contributed by atoms with E-state index in [1.54, 1.807) is 12.1 Å². The van der Waals surface area contributed by atoms with Crippen molar-refractivity contribution in [1.82, 2.24) is 9.97 Å². The van der Waals surface area contributed by atoms with Crippen LogP contribution in [0.4, 0.5) is 24.7 Å². The third kappa shape index (κ3) is 3.80. The Kier molecular flexibility index (Phi) is 4.73. The van der Waals surface area contributed by atoms with E-state index in [1.807, 2.05) is 11.0 Å². The quantitative estimate of drug-likeness (QED) is 0.700. The second kappa shape index (κ2) is 7.23. The molecular weight excluding hydrogens is 383 g/mol. The molecule has 2 heterocycles. The van der Waals surface area contributed by atoms with Crippen LogP contribution in [0.2, 0.25) is 0 Å². The van der Waals surface area contributed by atoms with Gasteiger partial charge in [-0.3, -0.25) is 4.79 Å². The first-order valence-electron chi connectivity index (χ1n) is 9.05. The maximum absolute atomic E-state index is 12.7. The first kappa shape index (κ1) is 19.0. The molecule has 0 radical (unpaired) electrons. The Bertz CT molecular complexity index is 1050. The van der Waals surface area contributed by atoms with E-state index in [0.717, 1.165) is 24.2 Å². The summed E-state index contributed by atoms with van der Waals surface area (Å²) < 4.78 is 38.2. The van der Waals surface area contributed by atoms with Gasteiger partial charge in [0.2, 0.25) is 0 Å². The molecule has 0 aliphatic carbocycles. The maximum Gasteiger partial charge on any atom is 0.416 e. The van der Waals surface area contributed by atoms with Crippen molar-refractivity contribution in [1.29, 1.82) is 0 Å². The number of anilines is 2. The second-order valence-electron chi connectivity index (χ2n) is 6.91. The molecule has 1 amide bonds. The lowest BCUT2D eigenvalue weighted by atomic mass is 10.1. The number of aromatic nitrogens is 2. The lowest BCUT2D eigenvalue weighted by molar-refractivity contribution is -0.137. The number of rotatable bonds is 4. The van der Waals surface area contributed by atoms with Crippen LogP contribution in [0.1, 0.15) is 22.3 Å². The molecule has 1 fully saturated rings. The average Bonchev–Trinajstić information content (AvgIpc) is 3.16. The van der Waals surface area contributed by atoms with Gasteiger partial charge in [0.05, 0.1) is 16.6 Å². The number of nitrogens with one attached hydrogen (secondary N) is 1. The summed E-state index contributed by atoms with van der Waals surface area (Å²) in [5.41, 5.74) is 6.31. The Balaban J connectivity index is 1.51. The highest BCUT2D eigenvalue weighted by atomic mass is 19.4. The molecule has 150 valence electrons. The summed E-state index contributed by atoms with van der Waals surface area (Å²) in [7, 11) is 0. The average molecular weight is 401 g/mol. The van der Waals surface area contributed by atoms with Crippen molar-refractivity contribution < 1.29 is 18.0 Å². The smallest absolute Gasteiger partial charge is 0.369 e. The SMILES string of the molecule is NC(=O)c1cccc2c(NC3CCN(c4ccc(C(F)(F)F)cc4)C3)ncnc12. The van der Waals surface area contributed by atoms with Crippen molar-refractivity contribution in [2.45, 2.75) is 18.6 Å². The van der Waals surface area contributed by atoms with E-state index in [9.17, 15) is 18.0 Å². The molecule has 2 aromatic carbocycles. The fraction of sp³-hybridized carbons (Fsp3) is 0.250. The minimum atomic E-state index is -4.34. The number of benzene rings is 2. The van der Waals surface area contributed by atoms with Gasteiger partial charge in [-0.15, -0.1) is 0 Å².